The summed E-state index contributed by atoms with van der Waals surface area (Å²) in [5.41, 5.74) is 3.87. The molecule has 0 bridgehead atoms. The van der Waals surface area contributed by atoms with Crippen molar-refractivity contribution in [1.29, 1.82) is 5.26 Å². The van der Waals surface area contributed by atoms with E-state index in [9.17, 15) is 10.1 Å². The van der Waals surface area contributed by atoms with E-state index in [2.05, 4.69) is 6.07 Å². The highest BCUT2D eigenvalue weighted by Crippen LogP contribution is 2.31. The summed E-state index contributed by atoms with van der Waals surface area (Å²) in [5, 5.41) is 9.73. The van der Waals surface area contributed by atoms with Crippen LogP contribution in [0.2, 0.25) is 0 Å². The molecular weight excluding hydrogens is 452 g/mol. The Morgan fingerprint density at radius 2 is 1.72 bits per heavy atom. The third-order valence-corrected chi connectivity index (χ3v) is 5.96. The van der Waals surface area contributed by atoms with E-state index < -0.39 is 0 Å². The predicted octanol–water partition coefficient (Wildman–Crippen LogP) is 5.74. The third-order valence-electron chi connectivity index (χ3n) is 5.96. The monoisotopic (exact) mass is 482 g/mol. The predicted molar refractivity (Wildman–Crippen MR) is 140 cm³/mol. The second kappa shape index (κ2) is 11.9. The van der Waals surface area contributed by atoms with E-state index in [4.69, 9.17) is 14.2 Å². The largest absolute Gasteiger partial charge is 0.493 e. The smallest absolute Gasteiger partial charge is 0.268 e. The molecule has 0 aromatic heterocycles. The lowest BCUT2D eigenvalue weighted by Crippen LogP contribution is -2.29. The Kier molecular flexibility index (Phi) is 8.25. The van der Waals surface area contributed by atoms with Crippen molar-refractivity contribution in [3.05, 3.63) is 89.0 Å². The molecule has 3 aromatic rings. The second-order valence-electron chi connectivity index (χ2n) is 8.46. The summed E-state index contributed by atoms with van der Waals surface area (Å²) in [5.74, 6) is 1.77. The van der Waals surface area contributed by atoms with Crippen molar-refractivity contribution in [3.63, 3.8) is 0 Å². The zero-order valence-electron chi connectivity index (χ0n) is 20.7. The molecule has 36 heavy (non-hydrogen) atoms. The van der Waals surface area contributed by atoms with Crippen LogP contribution in [0, 0.1) is 18.3 Å². The standard InChI is InChI=1S/C30H30N2O4/c1-3-34-29-20-23(13-14-28(29)36-18-8-17-35-27-12-7-4-9-22(27)2)19-25(21-31)30(33)32-16-15-24-10-5-6-11-26(24)32/h4-7,9-14,19-20H,3,8,15-18H2,1-2H3/b25-19+. The molecule has 0 atom stereocenters. The number of nitrogens with zero attached hydrogens (tertiary/aromatic N) is 2. The number of hydrogen-bond donors (Lipinski definition) is 0. The fourth-order valence-corrected chi connectivity index (χ4v) is 4.15. The number of fused-ring (bicyclic) bond motifs is 1. The van der Waals surface area contributed by atoms with Gasteiger partial charge in [-0.05, 0) is 67.3 Å². The van der Waals surface area contributed by atoms with Crippen LogP contribution in [-0.4, -0.2) is 32.3 Å². The number of rotatable bonds is 10. The molecule has 6 heteroatoms. The number of para-hydroxylation sites is 2. The van der Waals surface area contributed by atoms with Gasteiger partial charge in [-0.2, -0.15) is 5.26 Å². The van der Waals surface area contributed by atoms with Gasteiger partial charge in [0.15, 0.2) is 11.5 Å². The highest BCUT2D eigenvalue weighted by Gasteiger charge is 2.26. The molecule has 4 rings (SSSR count). The van der Waals surface area contributed by atoms with Crippen molar-refractivity contribution in [2.24, 2.45) is 0 Å². The Hall–Kier alpha value is -4.24. The van der Waals surface area contributed by atoms with Gasteiger partial charge in [-0.1, -0.05) is 42.5 Å². The van der Waals surface area contributed by atoms with Crippen LogP contribution in [0.3, 0.4) is 0 Å². The van der Waals surface area contributed by atoms with Crippen LogP contribution in [0.5, 0.6) is 17.2 Å². The average Bonchev–Trinajstić information content (AvgIpc) is 3.33. The lowest BCUT2D eigenvalue weighted by atomic mass is 10.1. The van der Waals surface area contributed by atoms with Gasteiger partial charge >= 0.3 is 0 Å². The van der Waals surface area contributed by atoms with E-state index in [1.54, 1.807) is 17.0 Å². The molecule has 1 heterocycles. The van der Waals surface area contributed by atoms with Gasteiger partial charge < -0.3 is 19.1 Å². The molecule has 6 nitrogen and oxygen atoms in total. The van der Waals surface area contributed by atoms with Crippen molar-refractivity contribution in [1.82, 2.24) is 0 Å². The number of benzene rings is 3. The summed E-state index contributed by atoms with van der Waals surface area (Å²) in [6.45, 7) is 5.97. The first-order chi connectivity index (χ1) is 17.6. The molecule has 184 valence electrons. The Balaban J connectivity index is 1.41. The molecule has 1 aliphatic rings. The van der Waals surface area contributed by atoms with Gasteiger partial charge in [-0.3, -0.25) is 4.79 Å². The molecular formula is C30H30N2O4. The second-order valence-corrected chi connectivity index (χ2v) is 8.46. The maximum absolute atomic E-state index is 13.1. The van der Waals surface area contributed by atoms with Crippen molar-refractivity contribution in [2.75, 3.05) is 31.3 Å². The Morgan fingerprint density at radius 1 is 0.972 bits per heavy atom. The first-order valence-electron chi connectivity index (χ1n) is 12.2. The molecule has 0 N–H and O–H groups in total. The summed E-state index contributed by atoms with van der Waals surface area (Å²) in [7, 11) is 0. The SMILES string of the molecule is CCOc1cc(/C=C(\C#N)C(=O)N2CCc3ccccc32)ccc1OCCCOc1ccccc1C. The lowest BCUT2D eigenvalue weighted by molar-refractivity contribution is -0.114. The van der Waals surface area contributed by atoms with Gasteiger partial charge in [0.1, 0.15) is 17.4 Å². The highest BCUT2D eigenvalue weighted by atomic mass is 16.5. The van der Waals surface area contributed by atoms with E-state index in [0.29, 0.717) is 49.8 Å². The van der Waals surface area contributed by atoms with Crippen LogP contribution in [0.4, 0.5) is 5.69 Å². The highest BCUT2D eigenvalue weighted by molar-refractivity contribution is 6.12. The molecule has 0 radical (unpaired) electrons. The Morgan fingerprint density at radius 3 is 2.50 bits per heavy atom. The fourth-order valence-electron chi connectivity index (χ4n) is 4.15. The van der Waals surface area contributed by atoms with Crippen molar-refractivity contribution in [3.8, 4) is 23.3 Å². The number of amides is 1. The van der Waals surface area contributed by atoms with Crippen molar-refractivity contribution in [2.45, 2.75) is 26.7 Å². The third kappa shape index (κ3) is 5.87. The molecule has 1 aliphatic heterocycles. The van der Waals surface area contributed by atoms with E-state index in [1.165, 1.54) is 0 Å². The van der Waals surface area contributed by atoms with Gasteiger partial charge in [-0.25, -0.2) is 0 Å². The minimum absolute atomic E-state index is 0.0798. The van der Waals surface area contributed by atoms with Crippen molar-refractivity contribution >= 4 is 17.7 Å². The first-order valence-corrected chi connectivity index (χ1v) is 12.2. The van der Waals surface area contributed by atoms with Crippen molar-refractivity contribution < 1.29 is 19.0 Å². The van der Waals surface area contributed by atoms with Gasteiger partial charge in [-0.15, -0.1) is 0 Å². The maximum atomic E-state index is 13.1. The zero-order valence-corrected chi connectivity index (χ0v) is 20.7. The Labute approximate surface area is 212 Å². The summed E-state index contributed by atoms with van der Waals surface area (Å²) < 4.78 is 17.6. The minimum Gasteiger partial charge on any atom is -0.493 e. The zero-order chi connectivity index (χ0) is 25.3. The number of nitriles is 1. The maximum Gasteiger partial charge on any atom is 0.268 e. The topological polar surface area (TPSA) is 71.8 Å². The summed E-state index contributed by atoms with van der Waals surface area (Å²) in [6.07, 6.45) is 3.11. The molecule has 0 spiro atoms. The van der Waals surface area contributed by atoms with Crippen LogP contribution in [0.15, 0.2) is 72.3 Å². The van der Waals surface area contributed by atoms with Gasteiger partial charge in [0, 0.05) is 18.7 Å². The number of ether oxygens (including phenoxy) is 3. The van der Waals surface area contributed by atoms with Crippen LogP contribution >= 0.6 is 0 Å². The summed E-state index contributed by atoms with van der Waals surface area (Å²) >= 11 is 0. The average molecular weight is 483 g/mol. The van der Waals surface area contributed by atoms with E-state index >= 15 is 0 Å². The van der Waals surface area contributed by atoms with Crippen LogP contribution in [0.1, 0.15) is 30.0 Å². The lowest BCUT2D eigenvalue weighted by Gasteiger charge is -2.17. The molecule has 0 aliphatic carbocycles. The molecule has 3 aromatic carbocycles. The quantitative estimate of drug-likeness (QED) is 0.209. The molecule has 0 fully saturated rings. The van der Waals surface area contributed by atoms with E-state index in [0.717, 1.165) is 29.0 Å². The van der Waals surface area contributed by atoms with Gasteiger partial charge in [0.25, 0.3) is 5.91 Å². The number of aryl methyl sites for hydroxylation is 1. The number of carbonyl (C=O) groups is 1. The molecule has 0 saturated carbocycles. The van der Waals surface area contributed by atoms with E-state index in [1.807, 2.05) is 74.5 Å². The van der Waals surface area contributed by atoms with E-state index in [-0.39, 0.29) is 11.5 Å². The normalized spacial score (nSPS) is 12.6. The van der Waals surface area contributed by atoms with Crippen LogP contribution in [-0.2, 0) is 11.2 Å². The van der Waals surface area contributed by atoms with Crippen LogP contribution < -0.4 is 19.1 Å². The minimum atomic E-state index is -0.297. The first kappa shape index (κ1) is 24.9. The Bertz CT molecular complexity index is 1290. The van der Waals surface area contributed by atoms with Gasteiger partial charge in [0.05, 0.1) is 19.8 Å². The summed E-state index contributed by atoms with van der Waals surface area (Å²) in [6, 6.07) is 23.2. The molecule has 1 amide bonds. The molecule has 0 unspecified atom stereocenters. The fraction of sp³-hybridized carbons (Fsp3) is 0.267. The number of hydrogen-bond acceptors (Lipinski definition) is 5. The number of anilines is 1. The molecule has 0 saturated heterocycles. The van der Waals surface area contributed by atoms with Crippen LogP contribution in [0.25, 0.3) is 6.08 Å². The van der Waals surface area contributed by atoms with Gasteiger partial charge in [0.2, 0.25) is 0 Å². The number of carbonyl (C=O) groups excluding carboxylic acids is 1. The summed E-state index contributed by atoms with van der Waals surface area (Å²) in [4.78, 5) is 14.8.